The summed E-state index contributed by atoms with van der Waals surface area (Å²) < 4.78 is 72.7. The fraction of sp³-hybridized carbons (Fsp3) is 0.766. The van der Waals surface area contributed by atoms with Crippen molar-refractivity contribution < 1.29 is 102 Å². The van der Waals surface area contributed by atoms with Crippen LogP contribution in [0.2, 0.25) is 0 Å². The van der Waals surface area contributed by atoms with Crippen LogP contribution in [-0.4, -0.2) is 209 Å². The monoisotopic (exact) mass is 1050 g/mol. The Kier molecular flexibility index (Phi) is 19.3. The fourth-order valence-corrected chi connectivity index (χ4v) is 10.7. The summed E-state index contributed by atoms with van der Waals surface area (Å²) in [6.45, 7) is 3.28. The van der Waals surface area contributed by atoms with Gasteiger partial charge >= 0.3 is 5.97 Å². The molecule has 0 radical (unpaired) electrons. The third-order valence-corrected chi connectivity index (χ3v) is 14.5. The molecule has 2 aliphatic carbocycles. The van der Waals surface area contributed by atoms with E-state index in [4.69, 9.17) is 33.2 Å². The van der Waals surface area contributed by atoms with E-state index in [1.807, 2.05) is 0 Å². The van der Waals surface area contributed by atoms with E-state index < -0.39 is 165 Å². The molecule has 73 heavy (non-hydrogen) atoms. The minimum atomic E-state index is -1.83. The van der Waals surface area contributed by atoms with Crippen molar-refractivity contribution >= 4 is 17.8 Å². The number of nitrogens with one attached hydrogen (secondary N) is 2. The zero-order valence-corrected chi connectivity index (χ0v) is 40.8. The van der Waals surface area contributed by atoms with Crippen molar-refractivity contribution in [3.8, 4) is 11.3 Å². The van der Waals surface area contributed by atoms with E-state index in [0.29, 0.717) is 0 Å². The van der Waals surface area contributed by atoms with Gasteiger partial charge in [0.2, 0.25) is 11.8 Å². The van der Waals surface area contributed by atoms with Gasteiger partial charge in [-0.25, -0.2) is 18.3 Å². The maximum atomic E-state index is 14.4. The second-order valence-electron chi connectivity index (χ2n) is 19.9. The van der Waals surface area contributed by atoms with Crippen LogP contribution in [0.25, 0.3) is 11.3 Å². The summed E-state index contributed by atoms with van der Waals surface area (Å²) >= 11 is 0. The molecule has 1 aromatic heterocycles. The van der Waals surface area contributed by atoms with Crippen LogP contribution in [0.1, 0.15) is 83.7 Å². The Hall–Kier alpha value is -3.97. The van der Waals surface area contributed by atoms with Gasteiger partial charge in [0.05, 0.1) is 44.3 Å². The summed E-state index contributed by atoms with van der Waals surface area (Å²) in [5.74, 6) is -5.43. The molecule has 0 bridgehead atoms. The first-order valence-corrected chi connectivity index (χ1v) is 24.7. The second-order valence-corrected chi connectivity index (χ2v) is 19.9. The molecular weight excluding hydrogens is 977 g/mol. The highest BCUT2D eigenvalue weighted by Crippen LogP contribution is 2.39. The van der Waals surface area contributed by atoms with Gasteiger partial charge in [-0.15, -0.1) is 5.10 Å². The molecule has 5 aliphatic rings. The lowest BCUT2D eigenvalue weighted by Crippen LogP contribution is -2.68. The van der Waals surface area contributed by atoms with Gasteiger partial charge in [-0.3, -0.25) is 9.59 Å². The number of amides is 2. The number of ether oxygens (including phenoxy) is 7. The summed E-state index contributed by atoms with van der Waals surface area (Å²) in [6, 6.07) is -1.65. The first kappa shape index (κ1) is 56.8. The quantitative estimate of drug-likeness (QED) is 0.0804. The molecule has 0 spiro atoms. The Morgan fingerprint density at radius 3 is 2.11 bits per heavy atom. The minimum absolute atomic E-state index is 0.00168. The first-order valence-electron chi connectivity index (χ1n) is 24.7. The lowest BCUT2D eigenvalue weighted by molar-refractivity contribution is -0.337. The first-order chi connectivity index (χ1) is 34.7. The van der Waals surface area contributed by atoms with Crippen molar-refractivity contribution in [2.45, 2.75) is 195 Å². The molecule has 3 saturated heterocycles. The van der Waals surface area contributed by atoms with Crippen molar-refractivity contribution in [2.24, 2.45) is 11.8 Å². The van der Waals surface area contributed by atoms with E-state index in [1.54, 1.807) is 0 Å². The van der Waals surface area contributed by atoms with Gasteiger partial charge in [-0.05, 0) is 62.6 Å². The topological polar surface area (TPSA) is 353 Å². The van der Waals surface area contributed by atoms with Gasteiger partial charge in [0.15, 0.2) is 36.6 Å². The van der Waals surface area contributed by atoms with Gasteiger partial charge in [-0.1, -0.05) is 37.3 Å². The highest BCUT2D eigenvalue weighted by atomic mass is 19.2. The molecule has 2 saturated carbocycles. The highest BCUT2D eigenvalue weighted by molar-refractivity contribution is 5.74. The molecular formula is C47H69F2N5O19. The summed E-state index contributed by atoms with van der Waals surface area (Å²) in [7, 11) is 0. The van der Waals surface area contributed by atoms with Crippen LogP contribution in [0.15, 0.2) is 18.3 Å². The number of hydrogen-bond donors (Lipinski definition) is 11. The van der Waals surface area contributed by atoms with E-state index in [1.165, 1.54) is 33.0 Å². The molecule has 9 unspecified atom stereocenters. The maximum absolute atomic E-state index is 14.4. The number of aliphatic carboxylic acids is 1. The average molecular weight is 1050 g/mol. The molecule has 410 valence electrons. The SMILES string of the molecule is CC(=O)NC1C(O[C@@H](CC2CCCCC2)C(=O)O)[C@@H](O)C(CO)O[C@H]1O[C@@H]1CC(CO[C@H]2O[C@H](CO)[C@@H](O)C(n3cc(-c4cc(C)c(F)c(F)c4)nn3)C2O)C[C@@H](NC(C)=O)C1O[C@@H]1OC(C)[C@@H](O)[C@H](O)C1O. The van der Waals surface area contributed by atoms with E-state index >= 15 is 0 Å². The van der Waals surface area contributed by atoms with Crippen molar-refractivity contribution in [1.29, 1.82) is 0 Å². The van der Waals surface area contributed by atoms with E-state index in [9.17, 15) is 69.1 Å². The number of aryl methyl sites for hydroxylation is 1. The van der Waals surface area contributed by atoms with Crippen LogP contribution in [0.3, 0.4) is 0 Å². The summed E-state index contributed by atoms with van der Waals surface area (Å²) in [5.41, 5.74) is 0.203. The second kappa shape index (κ2) is 24.8. The van der Waals surface area contributed by atoms with Crippen LogP contribution < -0.4 is 10.6 Å². The van der Waals surface area contributed by atoms with E-state index in [-0.39, 0.29) is 48.6 Å². The van der Waals surface area contributed by atoms with Crippen LogP contribution in [0.5, 0.6) is 0 Å². The number of aromatic nitrogens is 3. The standard InChI is InChI=1S/C47H69F2N5O19/c1-19-10-25(14-26(48)33(19)49)28-15-54(53-52-28)35-37(60)31(16-55)72-46(39(35)62)67-18-24-11-27(50-21(3)57)42(73-47-41(64)40(63)36(59)20(2)68-47)29(13-24)70-45-34(51-22(4)58)43(38(61)32(17-56)71-45)69-30(44(65)66)12-23-8-6-5-7-9-23/h10,14-15,20,23-24,27,29-32,34-43,45-47,55-56,59-64H,5-9,11-13,16-18H2,1-4H3,(H,50,57)(H,51,58)(H,65,66)/t20?,24?,27-,29-,30+,31-,32?,34?,35?,36-,37-,38+,39?,40+,41?,42?,43?,45-,46+,47+/m1/s1. The lowest BCUT2D eigenvalue weighted by atomic mass is 9.81. The molecule has 2 amide bonds. The third-order valence-electron chi connectivity index (χ3n) is 14.5. The predicted molar refractivity (Wildman–Crippen MR) is 242 cm³/mol. The summed E-state index contributed by atoms with van der Waals surface area (Å²) in [6.07, 6.45) is -18.9. The number of halogens is 2. The van der Waals surface area contributed by atoms with Gasteiger partial charge in [0, 0.05) is 19.4 Å². The Bertz CT molecular complexity index is 2150. The number of hydrogen-bond acceptors (Lipinski definition) is 20. The Balaban J connectivity index is 1.18. The molecule has 5 fully saturated rings. The number of rotatable bonds is 18. The van der Waals surface area contributed by atoms with Crippen LogP contribution in [-0.2, 0) is 47.5 Å². The normalized spacial score (nSPS) is 37.9. The van der Waals surface area contributed by atoms with Gasteiger partial charge < -0.3 is 89.8 Å². The van der Waals surface area contributed by atoms with Crippen LogP contribution in [0.4, 0.5) is 8.78 Å². The van der Waals surface area contributed by atoms with Gasteiger partial charge in [-0.2, -0.15) is 0 Å². The number of nitrogens with zero attached hydrogens (tertiary/aromatic N) is 3. The number of aliphatic hydroxyl groups is 8. The molecule has 20 atom stereocenters. The Morgan fingerprint density at radius 2 is 1.47 bits per heavy atom. The molecule has 7 rings (SSSR count). The molecule has 11 N–H and O–H groups in total. The number of carbonyl (C=O) groups is 3. The minimum Gasteiger partial charge on any atom is -0.479 e. The molecule has 3 aliphatic heterocycles. The van der Waals surface area contributed by atoms with Gasteiger partial charge in [0.1, 0.15) is 78.8 Å². The van der Waals surface area contributed by atoms with Crippen molar-refractivity contribution in [2.75, 3.05) is 19.8 Å². The number of carboxylic acid groups (broad SMARTS) is 1. The molecule has 2 aromatic rings. The van der Waals surface area contributed by atoms with Crippen LogP contribution in [0, 0.1) is 30.4 Å². The average Bonchev–Trinajstić information content (AvgIpc) is 3.83. The smallest absolute Gasteiger partial charge is 0.332 e. The largest absolute Gasteiger partial charge is 0.479 e. The van der Waals surface area contributed by atoms with E-state index in [0.717, 1.165) is 49.8 Å². The highest BCUT2D eigenvalue weighted by Gasteiger charge is 2.54. The summed E-state index contributed by atoms with van der Waals surface area (Å²) in [4.78, 5) is 38.6. The number of benzene rings is 1. The van der Waals surface area contributed by atoms with E-state index in [2.05, 4.69) is 20.9 Å². The molecule has 26 heteroatoms. The number of aliphatic hydroxyl groups excluding tert-OH is 8. The number of carbonyl (C=O) groups excluding carboxylic acids is 2. The molecule has 1 aromatic carbocycles. The van der Waals surface area contributed by atoms with Gasteiger partial charge in [0.25, 0.3) is 0 Å². The Labute approximate surface area is 418 Å². The van der Waals surface area contributed by atoms with Crippen molar-refractivity contribution in [3.63, 3.8) is 0 Å². The fourth-order valence-electron chi connectivity index (χ4n) is 10.7. The molecule has 4 heterocycles. The maximum Gasteiger partial charge on any atom is 0.332 e. The summed E-state index contributed by atoms with van der Waals surface area (Å²) in [5, 5.41) is 112. The van der Waals surface area contributed by atoms with Crippen molar-refractivity contribution in [1.82, 2.24) is 25.6 Å². The number of carboxylic acids is 1. The zero-order valence-electron chi connectivity index (χ0n) is 40.8. The Morgan fingerprint density at radius 1 is 0.795 bits per heavy atom. The van der Waals surface area contributed by atoms with Crippen molar-refractivity contribution in [3.05, 3.63) is 35.5 Å². The lowest BCUT2D eigenvalue weighted by Gasteiger charge is -2.49. The molecule has 24 nitrogen and oxygen atoms in total. The third kappa shape index (κ3) is 13.2. The van der Waals surface area contributed by atoms with Crippen LogP contribution >= 0.6 is 0 Å². The predicted octanol–water partition coefficient (Wildman–Crippen LogP) is -1.57. The zero-order chi connectivity index (χ0) is 53.0.